The van der Waals surface area contributed by atoms with Crippen molar-refractivity contribution in [3.63, 3.8) is 0 Å². The second-order valence-electron chi connectivity index (χ2n) is 5.06. The molecule has 0 radical (unpaired) electrons. The molecule has 0 bridgehead atoms. The Morgan fingerprint density at radius 3 is 2.57 bits per heavy atom. The van der Waals surface area contributed by atoms with Gasteiger partial charge in [-0.2, -0.15) is 0 Å². The van der Waals surface area contributed by atoms with E-state index < -0.39 is 0 Å². The van der Waals surface area contributed by atoms with Crippen LogP contribution in [0.4, 0.5) is 0 Å². The highest BCUT2D eigenvalue weighted by atomic mass is 32.2. The van der Waals surface area contributed by atoms with Gasteiger partial charge in [-0.05, 0) is 30.8 Å². The van der Waals surface area contributed by atoms with Gasteiger partial charge < -0.3 is 9.88 Å². The number of aromatic nitrogens is 1. The van der Waals surface area contributed by atoms with Crippen molar-refractivity contribution >= 4 is 22.7 Å². The van der Waals surface area contributed by atoms with Crippen LogP contribution in [0.15, 0.2) is 65.7 Å². The number of aryl methyl sites for hydroxylation is 1. The molecule has 0 atom stereocenters. The Morgan fingerprint density at radius 2 is 1.76 bits per heavy atom. The van der Waals surface area contributed by atoms with Crippen LogP contribution in [-0.4, -0.2) is 17.4 Å². The Labute approximate surface area is 130 Å². The monoisotopic (exact) mass is 296 g/mol. The zero-order valence-electron chi connectivity index (χ0n) is 12.3. The van der Waals surface area contributed by atoms with Crippen LogP contribution in [0.25, 0.3) is 10.9 Å². The summed E-state index contributed by atoms with van der Waals surface area (Å²) < 4.78 is 2.37. The molecule has 21 heavy (non-hydrogen) atoms. The van der Waals surface area contributed by atoms with E-state index in [4.69, 9.17) is 0 Å². The fourth-order valence-electron chi connectivity index (χ4n) is 2.62. The van der Waals surface area contributed by atoms with E-state index in [0.717, 1.165) is 18.8 Å². The molecule has 1 heterocycles. The summed E-state index contributed by atoms with van der Waals surface area (Å²) in [4.78, 5) is 1.34. The minimum Gasteiger partial charge on any atom is -0.346 e. The van der Waals surface area contributed by atoms with Crippen LogP contribution in [-0.2, 0) is 13.1 Å². The molecule has 0 aliphatic heterocycles. The first-order valence-corrected chi connectivity index (χ1v) is 8.26. The molecule has 0 amide bonds. The van der Waals surface area contributed by atoms with Crippen molar-refractivity contribution in [2.75, 3.05) is 12.8 Å². The molecule has 3 heteroatoms. The molecular weight excluding hydrogens is 276 g/mol. The number of hydrogen-bond donors (Lipinski definition) is 1. The predicted octanol–water partition coefficient (Wildman–Crippen LogP) is 4.15. The maximum absolute atomic E-state index is 3.25. The van der Waals surface area contributed by atoms with Gasteiger partial charge in [0, 0.05) is 40.8 Å². The molecule has 0 unspecified atom stereocenters. The van der Waals surface area contributed by atoms with Crippen molar-refractivity contribution in [3.05, 3.63) is 66.4 Å². The molecule has 108 valence electrons. The predicted molar refractivity (Wildman–Crippen MR) is 91.9 cm³/mol. The Bertz CT molecular complexity index is 704. The molecule has 0 saturated heterocycles. The highest BCUT2D eigenvalue weighted by Crippen LogP contribution is 2.23. The van der Waals surface area contributed by atoms with Gasteiger partial charge in [0.1, 0.15) is 0 Å². The summed E-state index contributed by atoms with van der Waals surface area (Å²) in [5.74, 6) is 1.09. The lowest BCUT2D eigenvalue weighted by atomic mass is 10.2. The van der Waals surface area contributed by atoms with Crippen LogP contribution in [0.1, 0.15) is 5.56 Å². The largest absolute Gasteiger partial charge is 0.346 e. The zero-order valence-corrected chi connectivity index (χ0v) is 13.1. The average molecular weight is 296 g/mol. The summed E-state index contributed by atoms with van der Waals surface area (Å²) in [7, 11) is 2.00. The van der Waals surface area contributed by atoms with E-state index in [9.17, 15) is 0 Å². The lowest BCUT2D eigenvalue weighted by molar-refractivity contribution is 0.781. The molecule has 1 aromatic heterocycles. The Morgan fingerprint density at radius 1 is 1.00 bits per heavy atom. The number of hydrogen-bond acceptors (Lipinski definition) is 2. The van der Waals surface area contributed by atoms with Gasteiger partial charge in [-0.3, -0.25) is 0 Å². The first-order chi connectivity index (χ1) is 10.4. The highest BCUT2D eigenvalue weighted by Gasteiger charge is 2.07. The SMILES string of the molecule is CNCc1cn(CCSc2ccccc2)c2ccccc12. The number of para-hydroxylation sites is 1. The smallest absolute Gasteiger partial charge is 0.0483 e. The number of rotatable bonds is 6. The molecule has 0 aliphatic carbocycles. The van der Waals surface area contributed by atoms with Gasteiger partial charge in [0.05, 0.1) is 0 Å². The second kappa shape index (κ2) is 6.83. The number of nitrogens with zero attached hydrogens (tertiary/aromatic N) is 1. The van der Waals surface area contributed by atoms with E-state index in [0.29, 0.717) is 0 Å². The summed E-state index contributed by atoms with van der Waals surface area (Å²) in [6.45, 7) is 1.95. The third kappa shape index (κ3) is 3.31. The Hall–Kier alpha value is -1.71. The molecule has 2 nitrogen and oxygen atoms in total. The molecule has 3 aromatic rings. The summed E-state index contributed by atoms with van der Waals surface area (Å²) in [6, 6.07) is 19.3. The normalized spacial score (nSPS) is 11.1. The lowest BCUT2D eigenvalue weighted by Gasteiger charge is -2.05. The van der Waals surface area contributed by atoms with Crippen LogP contribution in [0.3, 0.4) is 0 Å². The molecule has 0 fully saturated rings. The molecule has 2 aromatic carbocycles. The van der Waals surface area contributed by atoms with E-state index >= 15 is 0 Å². The standard InChI is InChI=1S/C18H20N2S/c1-19-13-15-14-20(18-10-6-5-9-17(15)18)11-12-21-16-7-3-2-4-8-16/h2-10,14,19H,11-13H2,1H3. The van der Waals surface area contributed by atoms with Gasteiger partial charge in [0.2, 0.25) is 0 Å². The van der Waals surface area contributed by atoms with E-state index in [1.54, 1.807) is 0 Å². The second-order valence-corrected chi connectivity index (χ2v) is 6.23. The minimum absolute atomic E-state index is 0.916. The van der Waals surface area contributed by atoms with Gasteiger partial charge >= 0.3 is 0 Å². The molecule has 0 aliphatic rings. The summed E-state index contributed by atoms with van der Waals surface area (Å²) in [5.41, 5.74) is 2.70. The Balaban J connectivity index is 1.74. The van der Waals surface area contributed by atoms with Crippen molar-refractivity contribution < 1.29 is 0 Å². The van der Waals surface area contributed by atoms with Crippen LogP contribution < -0.4 is 5.32 Å². The minimum atomic E-state index is 0.916. The van der Waals surface area contributed by atoms with Crippen molar-refractivity contribution in [2.45, 2.75) is 18.0 Å². The van der Waals surface area contributed by atoms with Crippen molar-refractivity contribution in [2.24, 2.45) is 0 Å². The molecule has 3 rings (SSSR count). The third-order valence-electron chi connectivity index (χ3n) is 3.58. The van der Waals surface area contributed by atoms with E-state index in [1.165, 1.54) is 21.4 Å². The van der Waals surface area contributed by atoms with Crippen molar-refractivity contribution in [1.82, 2.24) is 9.88 Å². The van der Waals surface area contributed by atoms with Gasteiger partial charge in [-0.15, -0.1) is 11.8 Å². The van der Waals surface area contributed by atoms with Crippen LogP contribution in [0.5, 0.6) is 0 Å². The van der Waals surface area contributed by atoms with Gasteiger partial charge in [-0.1, -0.05) is 36.4 Å². The zero-order chi connectivity index (χ0) is 14.5. The van der Waals surface area contributed by atoms with Crippen LogP contribution in [0.2, 0.25) is 0 Å². The molecular formula is C18H20N2S. The quantitative estimate of drug-likeness (QED) is 0.688. The van der Waals surface area contributed by atoms with Crippen LogP contribution >= 0.6 is 11.8 Å². The first-order valence-electron chi connectivity index (χ1n) is 7.27. The number of fused-ring (bicyclic) bond motifs is 1. The summed E-state index contributed by atoms with van der Waals surface area (Å²) in [5, 5.41) is 4.61. The molecule has 1 N–H and O–H groups in total. The fourth-order valence-corrected chi connectivity index (χ4v) is 3.49. The maximum Gasteiger partial charge on any atom is 0.0483 e. The van der Waals surface area contributed by atoms with E-state index in [2.05, 4.69) is 70.7 Å². The molecule has 0 spiro atoms. The molecule has 0 saturated carbocycles. The van der Waals surface area contributed by atoms with Gasteiger partial charge in [-0.25, -0.2) is 0 Å². The highest BCUT2D eigenvalue weighted by molar-refractivity contribution is 7.99. The van der Waals surface area contributed by atoms with Gasteiger partial charge in [0.15, 0.2) is 0 Å². The summed E-state index contributed by atoms with van der Waals surface area (Å²) >= 11 is 1.91. The number of thioether (sulfide) groups is 1. The van der Waals surface area contributed by atoms with E-state index in [-0.39, 0.29) is 0 Å². The number of nitrogens with one attached hydrogen (secondary N) is 1. The fraction of sp³-hybridized carbons (Fsp3) is 0.222. The maximum atomic E-state index is 3.25. The summed E-state index contributed by atoms with van der Waals surface area (Å²) in [6.07, 6.45) is 2.28. The van der Waals surface area contributed by atoms with Crippen LogP contribution in [0, 0.1) is 0 Å². The topological polar surface area (TPSA) is 17.0 Å². The first kappa shape index (κ1) is 14.2. The lowest BCUT2D eigenvalue weighted by Crippen LogP contribution is -2.04. The average Bonchev–Trinajstić information content (AvgIpc) is 2.87. The third-order valence-corrected chi connectivity index (χ3v) is 4.57. The number of benzene rings is 2. The Kier molecular flexibility index (Phi) is 4.63. The van der Waals surface area contributed by atoms with Crippen molar-refractivity contribution in [3.8, 4) is 0 Å². The van der Waals surface area contributed by atoms with Gasteiger partial charge in [0.25, 0.3) is 0 Å². The van der Waals surface area contributed by atoms with Crippen molar-refractivity contribution in [1.29, 1.82) is 0 Å². The van der Waals surface area contributed by atoms with E-state index in [1.807, 2.05) is 18.8 Å².